The molecule has 102 valence electrons. The Morgan fingerprint density at radius 2 is 2.00 bits per heavy atom. The van der Waals surface area contributed by atoms with Crippen LogP contribution in [-0.2, 0) is 0 Å². The number of rotatable bonds is 5. The van der Waals surface area contributed by atoms with Crippen molar-refractivity contribution in [1.29, 1.82) is 5.26 Å². The van der Waals surface area contributed by atoms with Gasteiger partial charge in [0, 0.05) is 0 Å². The van der Waals surface area contributed by atoms with Crippen LogP contribution >= 0.6 is 0 Å². The Balaban J connectivity index is 2.33. The van der Waals surface area contributed by atoms with Crippen molar-refractivity contribution >= 4 is 5.95 Å². The van der Waals surface area contributed by atoms with Gasteiger partial charge in [-0.05, 0) is 19.1 Å². The average molecular weight is 272 g/mol. The van der Waals surface area contributed by atoms with Gasteiger partial charge in [0.05, 0.1) is 12.2 Å². The molecule has 0 fully saturated rings. The zero-order valence-corrected chi connectivity index (χ0v) is 10.7. The van der Waals surface area contributed by atoms with E-state index in [9.17, 15) is 0 Å². The zero-order chi connectivity index (χ0) is 14.4. The predicted molar refractivity (Wildman–Crippen MR) is 70.0 cm³/mol. The molecule has 1 heterocycles. The predicted octanol–water partition coefficient (Wildman–Crippen LogP) is 1.22. The molecule has 0 radical (unpaired) electrons. The summed E-state index contributed by atoms with van der Waals surface area (Å²) in [5.74, 6) is 5.71. The van der Waals surface area contributed by atoms with Crippen molar-refractivity contribution in [2.75, 3.05) is 12.0 Å². The largest absolute Gasteiger partial charge is 0.464 e. The second kappa shape index (κ2) is 6.31. The maximum atomic E-state index is 9.00. The lowest BCUT2D eigenvalue weighted by Gasteiger charge is -2.08. The molecule has 2 aromatic rings. The molecule has 8 heteroatoms. The zero-order valence-electron chi connectivity index (χ0n) is 10.7. The number of hydrazine groups is 1. The van der Waals surface area contributed by atoms with Crippen LogP contribution in [0, 0.1) is 11.3 Å². The van der Waals surface area contributed by atoms with Crippen molar-refractivity contribution in [1.82, 2.24) is 15.0 Å². The van der Waals surface area contributed by atoms with E-state index in [0.29, 0.717) is 17.9 Å². The molecule has 0 bridgehead atoms. The molecule has 3 N–H and O–H groups in total. The van der Waals surface area contributed by atoms with E-state index >= 15 is 0 Å². The third-order valence-electron chi connectivity index (χ3n) is 2.21. The van der Waals surface area contributed by atoms with Gasteiger partial charge in [0.2, 0.25) is 5.95 Å². The summed E-state index contributed by atoms with van der Waals surface area (Å²) >= 11 is 0. The highest BCUT2D eigenvalue weighted by molar-refractivity contribution is 5.44. The van der Waals surface area contributed by atoms with Gasteiger partial charge in [0.15, 0.2) is 0 Å². The molecule has 0 amide bonds. The van der Waals surface area contributed by atoms with Crippen LogP contribution in [0.2, 0.25) is 0 Å². The standard InChI is InChI=1S/C12H12N6O2/c1-2-19-11-15-10(18-14)16-12(17-11)20-9-6-4-3-5-8(9)7-13/h3-6H,2,14H2,1H3,(H,15,16,17,18). The maximum absolute atomic E-state index is 9.00. The second-order valence-corrected chi connectivity index (χ2v) is 3.51. The van der Waals surface area contributed by atoms with Gasteiger partial charge in [0.25, 0.3) is 0 Å². The number of nitrogen functional groups attached to an aromatic ring is 1. The molecule has 1 aromatic carbocycles. The quantitative estimate of drug-likeness (QED) is 0.616. The SMILES string of the molecule is CCOc1nc(NN)nc(Oc2ccccc2C#N)n1. The number of aromatic nitrogens is 3. The Morgan fingerprint density at radius 3 is 2.70 bits per heavy atom. The van der Waals surface area contributed by atoms with E-state index in [-0.39, 0.29) is 18.0 Å². The van der Waals surface area contributed by atoms with Crippen LogP contribution in [0.1, 0.15) is 12.5 Å². The number of hydrogen-bond acceptors (Lipinski definition) is 8. The fourth-order valence-electron chi connectivity index (χ4n) is 1.39. The third kappa shape index (κ3) is 3.09. The molecule has 0 aliphatic rings. The van der Waals surface area contributed by atoms with Gasteiger partial charge in [-0.2, -0.15) is 15.2 Å². The van der Waals surface area contributed by atoms with Gasteiger partial charge in [-0.1, -0.05) is 12.1 Å². The van der Waals surface area contributed by atoms with E-state index < -0.39 is 0 Å². The first-order chi connectivity index (χ1) is 9.76. The van der Waals surface area contributed by atoms with Crippen LogP contribution in [-0.4, -0.2) is 21.6 Å². The van der Waals surface area contributed by atoms with Gasteiger partial charge in [-0.15, -0.1) is 4.98 Å². The summed E-state index contributed by atoms with van der Waals surface area (Å²) in [5, 5.41) is 9.00. The number of nitriles is 1. The molecule has 0 spiro atoms. The lowest BCUT2D eigenvalue weighted by Crippen LogP contribution is -2.12. The van der Waals surface area contributed by atoms with Crippen molar-refractivity contribution in [2.24, 2.45) is 5.84 Å². The van der Waals surface area contributed by atoms with E-state index in [4.69, 9.17) is 20.6 Å². The molecular formula is C12H12N6O2. The summed E-state index contributed by atoms with van der Waals surface area (Å²) in [4.78, 5) is 11.8. The maximum Gasteiger partial charge on any atom is 0.330 e. The van der Waals surface area contributed by atoms with Crippen LogP contribution in [0.4, 0.5) is 5.95 Å². The van der Waals surface area contributed by atoms with E-state index in [1.165, 1.54) is 0 Å². The second-order valence-electron chi connectivity index (χ2n) is 3.51. The molecule has 0 aliphatic carbocycles. The van der Waals surface area contributed by atoms with Crippen molar-refractivity contribution in [2.45, 2.75) is 6.92 Å². The number of ether oxygens (including phenoxy) is 2. The smallest absolute Gasteiger partial charge is 0.330 e. The van der Waals surface area contributed by atoms with Gasteiger partial charge >= 0.3 is 12.0 Å². The molecule has 2 rings (SSSR count). The minimum atomic E-state index is -0.0147. The van der Waals surface area contributed by atoms with Crippen LogP contribution in [0.3, 0.4) is 0 Å². The van der Waals surface area contributed by atoms with Gasteiger partial charge in [0.1, 0.15) is 11.8 Å². The first-order valence-corrected chi connectivity index (χ1v) is 5.79. The number of nitrogens with two attached hydrogens (primary N) is 1. The number of anilines is 1. The van der Waals surface area contributed by atoms with Crippen LogP contribution in [0.25, 0.3) is 0 Å². The van der Waals surface area contributed by atoms with Crippen LogP contribution < -0.4 is 20.7 Å². The fourth-order valence-corrected chi connectivity index (χ4v) is 1.39. The number of para-hydroxylation sites is 1. The van der Waals surface area contributed by atoms with E-state index in [0.717, 1.165) is 0 Å². The highest BCUT2D eigenvalue weighted by Crippen LogP contribution is 2.23. The van der Waals surface area contributed by atoms with Gasteiger partial charge < -0.3 is 9.47 Å². The fraction of sp³-hybridized carbons (Fsp3) is 0.167. The minimum absolute atomic E-state index is 0.0147. The molecule has 0 aliphatic heterocycles. The van der Waals surface area contributed by atoms with E-state index in [2.05, 4.69) is 20.4 Å². The molecule has 0 atom stereocenters. The Labute approximate surface area is 115 Å². The third-order valence-corrected chi connectivity index (χ3v) is 2.21. The summed E-state index contributed by atoms with van der Waals surface area (Å²) in [6.07, 6.45) is 0. The topological polar surface area (TPSA) is 119 Å². The summed E-state index contributed by atoms with van der Waals surface area (Å²) in [6, 6.07) is 8.82. The molecule has 0 saturated heterocycles. The van der Waals surface area contributed by atoms with Gasteiger partial charge in [-0.3, -0.25) is 5.43 Å². The normalized spacial score (nSPS) is 9.65. The Morgan fingerprint density at radius 1 is 1.25 bits per heavy atom. The Bertz CT molecular complexity index is 640. The molecule has 1 aromatic heterocycles. The molecule has 8 nitrogen and oxygen atoms in total. The molecular weight excluding hydrogens is 260 g/mol. The lowest BCUT2D eigenvalue weighted by molar-refractivity contribution is 0.303. The number of nitrogens with one attached hydrogen (secondary N) is 1. The highest BCUT2D eigenvalue weighted by Gasteiger charge is 2.10. The monoisotopic (exact) mass is 272 g/mol. The summed E-state index contributed by atoms with van der Waals surface area (Å²) in [6.45, 7) is 2.19. The molecule has 0 unspecified atom stereocenters. The van der Waals surface area contributed by atoms with E-state index in [1.807, 2.05) is 6.07 Å². The average Bonchev–Trinajstić information content (AvgIpc) is 2.48. The first-order valence-electron chi connectivity index (χ1n) is 5.79. The lowest BCUT2D eigenvalue weighted by atomic mass is 10.2. The number of hydrogen-bond donors (Lipinski definition) is 2. The van der Waals surface area contributed by atoms with Crippen molar-refractivity contribution in [3.8, 4) is 23.8 Å². The number of nitrogens with zero attached hydrogens (tertiary/aromatic N) is 4. The number of benzene rings is 1. The Kier molecular flexibility index (Phi) is 4.26. The van der Waals surface area contributed by atoms with Crippen LogP contribution in [0.5, 0.6) is 17.8 Å². The molecule has 20 heavy (non-hydrogen) atoms. The first kappa shape index (κ1) is 13.5. The van der Waals surface area contributed by atoms with Crippen molar-refractivity contribution in [3.05, 3.63) is 29.8 Å². The summed E-state index contributed by atoms with van der Waals surface area (Å²) in [7, 11) is 0. The summed E-state index contributed by atoms with van der Waals surface area (Å²) in [5.41, 5.74) is 2.66. The van der Waals surface area contributed by atoms with Crippen molar-refractivity contribution in [3.63, 3.8) is 0 Å². The van der Waals surface area contributed by atoms with Crippen molar-refractivity contribution < 1.29 is 9.47 Å². The minimum Gasteiger partial charge on any atom is -0.464 e. The molecule has 0 saturated carbocycles. The van der Waals surface area contributed by atoms with Crippen LogP contribution in [0.15, 0.2) is 24.3 Å². The van der Waals surface area contributed by atoms with Gasteiger partial charge in [-0.25, -0.2) is 5.84 Å². The summed E-state index contributed by atoms with van der Waals surface area (Å²) < 4.78 is 10.7. The highest BCUT2D eigenvalue weighted by atomic mass is 16.5. The Hall–Kier alpha value is -2.92. The van der Waals surface area contributed by atoms with E-state index in [1.54, 1.807) is 31.2 Å².